The lowest BCUT2D eigenvalue weighted by atomic mass is 10.0. The first kappa shape index (κ1) is 9.62. The van der Waals surface area contributed by atoms with Gasteiger partial charge in [-0.1, -0.05) is 0 Å². The zero-order chi connectivity index (χ0) is 9.14. The zero-order valence-corrected chi connectivity index (χ0v) is 8.53. The standard InChI is InChI=1S/C10H14OS/c1-7-4-10(12-3)5-9(6-11)8(7)2/h4-5,11H,6H2,1-3H3. The van der Waals surface area contributed by atoms with E-state index >= 15 is 0 Å². The maximum atomic E-state index is 9.05. The Bertz CT molecular complexity index is 281. The van der Waals surface area contributed by atoms with E-state index in [2.05, 4.69) is 13.0 Å². The Morgan fingerprint density at radius 3 is 2.50 bits per heavy atom. The van der Waals surface area contributed by atoms with Crippen LogP contribution in [-0.2, 0) is 6.61 Å². The van der Waals surface area contributed by atoms with Crippen molar-refractivity contribution < 1.29 is 5.11 Å². The van der Waals surface area contributed by atoms with E-state index in [0.29, 0.717) is 0 Å². The Morgan fingerprint density at radius 2 is 2.00 bits per heavy atom. The molecule has 0 spiro atoms. The summed E-state index contributed by atoms with van der Waals surface area (Å²) in [6.45, 7) is 4.26. The van der Waals surface area contributed by atoms with Gasteiger partial charge in [-0.25, -0.2) is 0 Å². The highest BCUT2D eigenvalue weighted by Gasteiger charge is 2.02. The summed E-state index contributed by atoms with van der Waals surface area (Å²) in [5, 5.41) is 9.05. The number of aliphatic hydroxyl groups is 1. The summed E-state index contributed by atoms with van der Waals surface area (Å²) >= 11 is 1.71. The van der Waals surface area contributed by atoms with Gasteiger partial charge in [-0.2, -0.15) is 0 Å². The summed E-state index contributed by atoms with van der Waals surface area (Å²) in [5.41, 5.74) is 3.50. The molecule has 1 N–H and O–H groups in total. The van der Waals surface area contributed by atoms with Crippen LogP contribution in [0.3, 0.4) is 0 Å². The molecular formula is C10H14OS. The second-order valence-electron chi connectivity index (χ2n) is 2.89. The average molecular weight is 182 g/mol. The van der Waals surface area contributed by atoms with Crippen molar-refractivity contribution in [3.63, 3.8) is 0 Å². The fourth-order valence-corrected chi connectivity index (χ4v) is 1.73. The van der Waals surface area contributed by atoms with E-state index in [-0.39, 0.29) is 6.61 Å². The summed E-state index contributed by atoms with van der Waals surface area (Å²) in [7, 11) is 0. The van der Waals surface area contributed by atoms with Crippen molar-refractivity contribution in [3.05, 3.63) is 28.8 Å². The van der Waals surface area contributed by atoms with Gasteiger partial charge in [0.25, 0.3) is 0 Å². The van der Waals surface area contributed by atoms with Crippen LogP contribution in [0.25, 0.3) is 0 Å². The lowest BCUT2D eigenvalue weighted by Crippen LogP contribution is -1.92. The predicted octanol–water partition coefficient (Wildman–Crippen LogP) is 2.52. The first-order chi connectivity index (χ1) is 5.69. The highest BCUT2D eigenvalue weighted by atomic mass is 32.2. The minimum absolute atomic E-state index is 0.140. The first-order valence-corrected chi connectivity index (χ1v) is 5.16. The van der Waals surface area contributed by atoms with Crippen molar-refractivity contribution in [2.45, 2.75) is 25.3 Å². The Kier molecular flexibility index (Phi) is 3.18. The third kappa shape index (κ3) is 1.82. The number of aliphatic hydroxyl groups excluding tert-OH is 1. The predicted molar refractivity (Wildman–Crippen MR) is 53.6 cm³/mol. The number of rotatable bonds is 2. The molecule has 0 saturated carbocycles. The summed E-state index contributed by atoms with van der Waals surface area (Å²) in [6.07, 6.45) is 2.05. The minimum atomic E-state index is 0.140. The van der Waals surface area contributed by atoms with E-state index < -0.39 is 0 Å². The molecule has 0 aromatic heterocycles. The normalized spacial score (nSPS) is 10.3. The SMILES string of the molecule is CSc1cc(C)c(C)c(CO)c1. The van der Waals surface area contributed by atoms with E-state index in [1.807, 2.05) is 19.2 Å². The molecule has 0 radical (unpaired) electrons. The van der Waals surface area contributed by atoms with Crippen molar-refractivity contribution >= 4 is 11.8 Å². The number of hydrogen-bond donors (Lipinski definition) is 1. The molecule has 0 aliphatic heterocycles. The van der Waals surface area contributed by atoms with Gasteiger partial charge in [-0.05, 0) is 48.9 Å². The van der Waals surface area contributed by atoms with E-state index in [4.69, 9.17) is 5.11 Å². The number of benzene rings is 1. The molecule has 0 fully saturated rings. The van der Waals surface area contributed by atoms with Crippen LogP contribution >= 0.6 is 11.8 Å². The Labute approximate surface area is 77.8 Å². The lowest BCUT2D eigenvalue weighted by Gasteiger charge is -2.08. The number of hydrogen-bond acceptors (Lipinski definition) is 2. The van der Waals surface area contributed by atoms with Crippen LogP contribution in [0.5, 0.6) is 0 Å². The fraction of sp³-hybridized carbons (Fsp3) is 0.400. The molecule has 1 aromatic carbocycles. The van der Waals surface area contributed by atoms with Gasteiger partial charge >= 0.3 is 0 Å². The topological polar surface area (TPSA) is 20.2 Å². The molecule has 0 aliphatic carbocycles. The van der Waals surface area contributed by atoms with Crippen LogP contribution in [-0.4, -0.2) is 11.4 Å². The van der Waals surface area contributed by atoms with E-state index in [0.717, 1.165) is 5.56 Å². The molecule has 1 aromatic rings. The minimum Gasteiger partial charge on any atom is -0.392 e. The molecule has 66 valence electrons. The van der Waals surface area contributed by atoms with Gasteiger partial charge in [-0.3, -0.25) is 0 Å². The van der Waals surface area contributed by atoms with E-state index in [1.165, 1.54) is 16.0 Å². The van der Waals surface area contributed by atoms with Gasteiger partial charge in [0.2, 0.25) is 0 Å². The van der Waals surface area contributed by atoms with E-state index in [1.54, 1.807) is 11.8 Å². The van der Waals surface area contributed by atoms with Gasteiger partial charge in [0, 0.05) is 4.90 Å². The van der Waals surface area contributed by atoms with Crippen molar-refractivity contribution in [2.75, 3.05) is 6.26 Å². The smallest absolute Gasteiger partial charge is 0.0684 e. The molecular weight excluding hydrogens is 168 g/mol. The molecule has 1 rings (SSSR count). The molecule has 0 saturated heterocycles. The Morgan fingerprint density at radius 1 is 1.33 bits per heavy atom. The fourth-order valence-electron chi connectivity index (χ4n) is 1.18. The number of aryl methyl sites for hydroxylation is 1. The average Bonchev–Trinajstić information content (AvgIpc) is 2.09. The number of thioether (sulfide) groups is 1. The molecule has 2 heteroatoms. The van der Waals surface area contributed by atoms with Crippen LogP contribution in [0.15, 0.2) is 17.0 Å². The largest absolute Gasteiger partial charge is 0.392 e. The summed E-state index contributed by atoms with van der Waals surface area (Å²) in [6, 6.07) is 4.20. The Balaban J connectivity index is 3.19. The quantitative estimate of drug-likeness (QED) is 0.709. The molecule has 0 atom stereocenters. The van der Waals surface area contributed by atoms with Gasteiger partial charge in [-0.15, -0.1) is 11.8 Å². The molecule has 0 amide bonds. The van der Waals surface area contributed by atoms with Crippen molar-refractivity contribution in [1.82, 2.24) is 0 Å². The Hall–Kier alpha value is -0.470. The monoisotopic (exact) mass is 182 g/mol. The van der Waals surface area contributed by atoms with Gasteiger partial charge in [0.1, 0.15) is 0 Å². The lowest BCUT2D eigenvalue weighted by molar-refractivity contribution is 0.280. The van der Waals surface area contributed by atoms with Crippen LogP contribution in [0.2, 0.25) is 0 Å². The zero-order valence-electron chi connectivity index (χ0n) is 7.72. The molecule has 0 unspecified atom stereocenters. The second-order valence-corrected chi connectivity index (χ2v) is 3.77. The second kappa shape index (κ2) is 3.97. The van der Waals surface area contributed by atoms with Crippen molar-refractivity contribution in [1.29, 1.82) is 0 Å². The van der Waals surface area contributed by atoms with E-state index in [9.17, 15) is 0 Å². The van der Waals surface area contributed by atoms with Crippen molar-refractivity contribution in [2.24, 2.45) is 0 Å². The van der Waals surface area contributed by atoms with Crippen molar-refractivity contribution in [3.8, 4) is 0 Å². The summed E-state index contributed by atoms with van der Waals surface area (Å²) in [4.78, 5) is 1.22. The van der Waals surface area contributed by atoms with Crippen LogP contribution in [0, 0.1) is 13.8 Å². The maximum absolute atomic E-state index is 9.05. The molecule has 0 heterocycles. The maximum Gasteiger partial charge on any atom is 0.0684 e. The van der Waals surface area contributed by atoms with Crippen LogP contribution in [0.4, 0.5) is 0 Å². The van der Waals surface area contributed by atoms with Crippen LogP contribution < -0.4 is 0 Å². The molecule has 1 nitrogen and oxygen atoms in total. The highest BCUT2D eigenvalue weighted by Crippen LogP contribution is 2.22. The third-order valence-electron chi connectivity index (χ3n) is 2.15. The summed E-state index contributed by atoms with van der Waals surface area (Å²) in [5.74, 6) is 0. The highest BCUT2D eigenvalue weighted by molar-refractivity contribution is 7.98. The molecule has 0 aliphatic rings. The van der Waals surface area contributed by atoms with Gasteiger partial charge < -0.3 is 5.11 Å². The third-order valence-corrected chi connectivity index (χ3v) is 2.86. The van der Waals surface area contributed by atoms with Gasteiger partial charge in [0.15, 0.2) is 0 Å². The van der Waals surface area contributed by atoms with Gasteiger partial charge in [0.05, 0.1) is 6.61 Å². The van der Waals surface area contributed by atoms with Crippen LogP contribution in [0.1, 0.15) is 16.7 Å². The molecule has 12 heavy (non-hydrogen) atoms. The molecule has 0 bridgehead atoms. The summed E-state index contributed by atoms with van der Waals surface area (Å²) < 4.78 is 0. The first-order valence-electron chi connectivity index (χ1n) is 3.94.